The number of fused-ring (bicyclic) bond motifs is 1. The number of aromatic nitrogens is 2. The molecule has 1 aromatic carbocycles. The first-order valence-electron chi connectivity index (χ1n) is 14.9. The number of nitrogens with zero attached hydrogens (tertiary/aromatic N) is 5. The van der Waals surface area contributed by atoms with Gasteiger partial charge in [0.1, 0.15) is 12.2 Å². The Morgan fingerprint density at radius 2 is 1.96 bits per heavy atom. The predicted molar refractivity (Wildman–Crippen MR) is 163 cm³/mol. The van der Waals surface area contributed by atoms with Crippen LogP contribution in [0.2, 0.25) is 5.02 Å². The van der Waals surface area contributed by atoms with E-state index in [1.165, 1.54) is 10.8 Å². The van der Waals surface area contributed by atoms with Crippen LogP contribution in [0.4, 0.5) is 23.7 Å². The van der Waals surface area contributed by atoms with Crippen LogP contribution in [0.3, 0.4) is 0 Å². The molecule has 2 fully saturated rings. The Balaban J connectivity index is 1.33. The number of methoxy groups -OCH3 is 1. The molecule has 2 aromatic heterocycles. The fourth-order valence-corrected chi connectivity index (χ4v) is 6.03. The lowest BCUT2D eigenvalue weighted by Gasteiger charge is -2.46. The fourth-order valence-electron chi connectivity index (χ4n) is 5.71. The number of hydrogen-bond acceptors (Lipinski definition) is 6. The van der Waals surface area contributed by atoms with Crippen molar-refractivity contribution >= 4 is 40.3 Å². The van der Waals surface area contributed by atoms with Crippen LogP contribution in [-0.2, 0) is 17.9 Å². The molecule has 0 radical (unpaired) electrons. The molecule has 5 rings (SSSR count). The van der Waals surface area contributed by atoms with E-state index in [4.69, 9.17) is 21.1 Å². The third-order valence-electron chi connectivity index (χ3n) is 8.47. The molecule has 244 valence electrons. The van der Waals surface area contributed by atoms with Gasteiger partial charge in [-0.25, -0.2) is 9.78 Å². The van der Waals surface area contributed by atoms with Crippen molar-refractivity contribution in [3.8, 4) is 11.5 Å². The number of likely N-dealkylation sites (tertiary alicyclic amines) is 1. The third kappa shape index (κ3) is 6.51. The molecule has 2 saturated heterocycles. The molecule has 2 aliphatic heterocycles. The number of anilines is 1. The van der Waals surface area contributed by atoms with Crippen molar-refractivity contribution in [2.75, 3.05) is 38.3 Å². The average molecular weight is 652 g/mol. The van der Waals surface area contributed by atoms with Crippen LogP contribution in [0.25, 0.3) is 11.0 Å². The Bertz CT molecular complexity index is 1560. The number of unbranched alkanes of at least 4 members (excludes halogenated alkanes) is 2. The normalized spacial score (nSPS) is 18.4. The molecule has 1 atom stereocenters. The molecule has 4 heterocycles. The molecule has 3 aromatic rings. The highest BCUT2D eigenvalue weighted by Gasteiger charge is 2.62. The Hall–Kier alpha value is -3.71. The smallest absolute Gasteiger partial charge is 0.420 e. The zero-order valence-corrected chi connectivity index (χ0v) is 26.2. The minimum Gasteiger partial charge on any atom is -0.493 e. The van der Waals surface area contributed by atoms with E-state index in [1.54, 1.807) is 35.2 Å². The molecular formula is C31H37ClF3N5O5. The van der Waals surface area contributed by atoms with Crippen LogP contribution >= 0.6 is 11.6 Å². The summed E-state index contributed by atoms with van der Waals surface area (Å²) in [6.07, 6.45) is 1.98. The van der Waals surface area contributed by atoms with Gasteiger partial charge >= 0.3 is 12.2 Å². The number of alkyl halides is 3. The number of hydrogen-bond donors (Lipinski definition) is 1. The molecule has 10 nitrogen and oxygen atoms in total. The molecule has 0 aliphatic carbocycles. The van der Waals surface area contributed by atoms with Crippen molar-refractivity contribution < 1.29 is 37.3 Å². The van der Waals surface area contributed by atoms with Crippen molar-refractivity contribution in [3.05, 3.63) is 47.2 Å². The predicted octanol–water partition coefficient (Wildman–Crippen LogP) is 5.62. The second-order valence-electron chi connectivity index (χ2n) is 11.6. The van der Waals surface area contributed by atoms with Gasteiger partial charge in [-0.1, -0.05) is 31.4 Å². The highest BCUT2D eigenvalue weighted by molar-refractivity contribution is 6.35. The lowest BCUT2D eigenvalue weighted by Crippen LogP contribution is -2.70. The molecule has 45 heavy (non-hydrogen) atoms. The Morgan fingerprint density at radius 3 is 2.64 bits per heavy atom. The minimum atomic E-state index is -4.82. The van der Waals surface area contributed by atoms with E-state index in [2.05, 4.69) is 11.9 Å². The van der Waals surface area contributed by atoms with E-state index >= 15 is 0 Å². The van der Waals surface area contributed by atoms with E-state index in [1.807, 2.05) is 19.1 Å². The standard InChI is InChI=1S/C31H37ClF3N5O5/c1-4-5-6-13-45-25-14-22(7-8-24(25)44-3)39-12-10-20(2)40(29(39)42)15-21-9-11-36-28-27(21)23(32)16-37(28)17-26(41)38-18-30(43,19-38)31(33,34)35/h7-9,11,14,16,20,43H,4-6,10,12-13,15,17-19H2,1-3H3/t20-/m0/s1. The molecule has 2 aliphatic rings. The number of carbonyl (C=O) groups excluding carboxylic acids is 2. The first kappa shape index (κ1) is 32.7. The Morgan fingerprint density at radius 1 is 1.20 bits per heavy atom. The molecule has 3 amide bonds. The van der Waals surface area contributed by atoms with Gasteiger partial charge in [0.25, 0.3) is 0 Å². The van der Waals surface area contributed by atoms with Crippen molar-refractivity contribution in [1.29, 1.82) is 0 Å². The summed E-state index contributed by atoms with van der Waals surface area (Å²) >= 11 is 6.61. The maximum absolute atomic E-state index is 13.9. The summed E-state index contributed by atoms with van der Waals surface area (Å²) in [7, 11) is 1.57. The second kappa shape index (κ2) is 13.0. The number of urea groups is 1. The van der Waals surface area contributed by atoms with Crippen molar-refractivity contribution in [3.63, 3.8) is 0 Å². The molecule has 0 unspecified atom stereocenters. The van der Waals surface area contributed by atoms with Gasteiger partial charge in [-0.2, -0.15) is 13.2 Å². The van der Waals surface area contributed by atoms with Crippen LogP contribution in [0.15, 0.2) is 36.7 Å². The van der Waals surface area contributed by atoms with Crippen LogP contribution in [-0.4, -0.2) is 87.6 Å². The van der Waals surface area contributed by atoms with Crippen molar-refractivity contribution in [1.82, 2.24) is 19.4 Å². The summed E-state index contributed by atoms with van der Waals surface area (Å²) in [5.41, 5.74) is -1.13. The van der Waals surface area contributed by atoms with E-state index in [-0.39, 0.29) is 25.2 Å². The lowest BCUT2D eigenvalue weighted by atomic mass is 9.93. The summed E-state index contributed by atoms with van der Waals surface area (Å²) in [4.78, 5) is 35.4. The van der Waals surface area contributed by atoms with Crippen LogP contribution < -0.4 is 14.4 Å². The molecule has 14 heteroatoms. The summed E-state index contributed by atoms with van der Waals surface area (Å²) in [5, 5.41) is 10.6. The number of benzene rings is 1. The van der Waals surface area contributed by atoms with E-state index in [0.717, 1.165) is 24.2 Å². The largest absolute Gasteiger partial charge is 0.493 e. The van der Waals surface area contributed by atoms with Crippen LogP contribution in [0, 0.1) is 0 Å². The maximum atomic E-state index is 13.9. The summed E-state index contributed by atoms with van der Waals surface area (Å²) in [6, 6.07) is 6.93. The van der Waals surface area contributed by atoms with Gasteiger partial charge < -0.3 is 28.9 Å². The van der Waals surface area contributed by atoms with E-state index in [9.17, 15) is 27.9 Å². The molecule has 1 N–H and O–H groups in total. The van der Waals surface area contributed by atoms with Crippen molar-refractivity contribution in [2.24, 2.45) is 0 Å². The monoisotopic (exact) mass is 651 g/mol. The topological polar surface area (TPSA) is 100 Å². The molecule has 0 saturated carbocycles. The second-order valence-corrected chi connectivity index (χ2v) is 12.1. The quantitative estimate of drug-likeness (QED) is 0.270. The number of β-amino-alcohol motifs (C(OH)–C–C–N with tert-alkyl or cyclic N) is 1. The number of amides is 3. The number of halogens is 4. The molecule has 0 spiro atoms. The number of ether oxygens (including phenoxy) is 2. The highest BCUT2D eigenvalue weighted by Crippen LogP contribution is 2.38. The minimum absolute atomic E-state index is 0.0822. The van der Waals surface area contributed by atoms with Gasteiger partial charge in [0.15, 0.2) is 17.1 Å². The van der Waals surface area contributed by atoms with Crippen molar-refractivity contribution in [2.45, 2.75) is 70.4 Å². The van der Waals surface area contributed by atoms with Gasteiger partial charge in [-0.15, -0.1) is 0 Å². The van der Waals surface area contributed by atoms with Gasteiger partial charge in [0.05, 0.1) is 31.8 Å². The maximum Gasteiger partial charge on any atom is 0.420 e. The van der Waals surface area contributed by atoms with Crippen LogP contribution in [0.5, 0.6) is 11.5 Å². The number of carbonyl (C=O) groups is 2. The van der Waals surface area contributed by atoms with Gasteiger partial charge in [-0.05, 0) is 43.5 Å². The number of pyridine rings is 1. The zero-order chi connectivity index (χ0) is 32.5. The zero-order valence-electron chi connectivity index (χ0n) is 25.4. The van der Waals surface area contributed by atoms with Gasteiger partial charge in [-0.3, -0.25) is 9.69 Å². The number of rotatable bonds is 11. The number of aliphatic hydroxyl groups is 1. The average Bonchev–Trinajstić information content (AvgIpc) is 3.30. The summed E-state index contributed by atoms with van der Waals surface area (Å²) in [5.74, 6) is 0.559. The molecular weight excluding hydrogens is 615 g/mol. The first-order chi connectivity index (χ1) is 21.4. The van der Waals surface area contributed by atoms with Gasteiger partial charge in [0.2, 0.25) is 5.91 Å². The lowest BCUT2D eigenvalue weighted by molar-refractivity contribution is -0.297. The summed E-state index contributed by atoms with van der Waals surface area (Å²) < 4.78 is 52.0. The summed E-state index contributed by atoms with van der Waals surface area (Å²) in [6.45, 7) is 3.42. The van der Waals surface area contributed by atoms with Crippen LogP contribution in [0.1, 0.15) is 45.1 Å². The molecule has 0 bridgehead atoms. The van der Waals surface area contributed by atoms with Gasteiger partial charge in [0, 0.05) is 48.7 Å². The third-order valence-corrected chi connectivity index (χ3v) is 8.76. The first-order valence-corrected chi connectivity index (χ1v) is 15.3. The Kier molecular flexibility index (Phi) is 9.41. The fraction of sp³-hybridized carbons (Fsp3) is 0.516. The van der Waals surface area contributed by atoms with E-state index < -0.39 is 30.8 Å². The Labute approximate surface area is 264 Å². The van der Waals surface area contributed by atoms with E-state index in [0.29, 0.717) is 58.4 Å². The highest BCUT2D eigenvalue weighted by atomic mass is 35.5. The SMILES string of the molecule is CCCCCOc1cc(N2CC[C@H](C)N(Cc3ccnc4c3c(Cl)cn4CC(=O)N3CC(O)(C(F)(F)F)C3)C2=O)ccc1OC.